The number of amides is 1. The fourth-order valence-electron chi connectivity index (χ4n) is 2.27. The first-order valence-electron chi connectivity index (χ1n) is 6.66. The number of hydrogen-bond acceptors (Lipinski definition) is 4. The van der Waals surface area contributed by atoms with E-state index in [4.69, 9.17) is 0 Å². The Bertz CT molecular complexity index is 421. The van der Waals surface area contributed by atoms with Gasteiger partial charge in [0.1, 0.15) is 5.82 Å². The molecule has 1 aromatic heterocycles. The molecule has 0 bridgehead atoms. The standard InChI is InChI=1S/C13H18N4O/c18-13(10-2-1-5-14-6-10)17-11-7-15-12(16-8-11)9-3-4-9/h7-10,14H,1-6H2,(H,17,18)/t10-/m0/s1. The molecule has 2 aliphatic rings. The van der Waals surface area contributed by atoms with E-state index < -0.39 is 0 Å². The van der Waals surface area contributed by atoms with E-state index in [-0.39, 0.29) is 11.8 Å². The summed E-state index contributed by atoms with van der Waals surface area (Å²) in [4.78, 5) is 20.6. The fraction of sp³-hybridized carbons (Fsp3) is 0.615. The highest BCUT2D eigenvalue weighted by Gasteiger charge is 2.26. The fourth-order valence-corrected chi connectivity index (χ4v) is 2.27. The SMILES string of the molecule is O=C(Nc1cnc(C2CC2)nc1)[C@H]1CCCNC1. The number of carbonyl (C=O) groups excluding carboxylic acids is 1. The summed E-state index contributed by atoms with van der Waals surface area (Å²) in [6.07, 6.45) is 7.84. The predicted octanol–water partition coefficient (Wildman–Crippen LogP) is 1.29. The zero-order valence-corrected chi connectivity index (χ0v) is 10.4. The molecule has 1 aromatic rings. The first-order chi connectivity index (χ1) is 8.83. The molecule has 0 unspecified atom stereocenters. The zero-order chi connectivity index (χ0) is 12.4. The molecule has 96 valence electrons. The van der Waals surface area contributed by atoms with E-state index in [9.17, 15) is 4.79 Å². The summed E-state index contributed by atoms with van der Waals surface area (Å²) in [6.45, 7) is 1.79. The third-order valence-corrected chi connectivity index (χ3v) is 3.55. The molecule has 1 saturated carbocycles. The summed E-state index contributed by atoms with van der Waals surface area (Å²) in [5.74, 6) is 1.61. The molecule has 1 amide bonds. The molecule has 2 fully saturated rings. The van der Waals surface area contributed by atoms with Crippen LogP contribution in [0.15, 0.2) is 12.4 Å². The Morgan fingerprint density at radius 3 is 2.67 bits per heavy atom. The lowest BCUT2D eigenvalue weighted by Crippen LogP contribution is -2.37. The van der Waals surface area contributed by atoms with E-state index in [1.165, 1.54) is 12.8 Å². The van der Waals surface area contributed by atoms with Crippen LogP contribution in [0, 0.1) is 5.92 Å². The molecule has 0 spiro atoms. The zero-order valence-electron chi connectivity index (χ0n) is 10.4. The number of piperidine rings is 1. The Kier molecular flexibility index (Phi) is 3.23. The minimum absolute atomic E-state index is 0.0712. The largest absolute Gasteiger partial charge is 0.323 e. The molecule has 2 heterocycles. The third-order valence-electron chi connectivity index (χ3n) is 3.55. The molecular formula is C13H18N4O. The van der Waals surface area contributed by atoms with Crippen LogP contribution in [0.5, 0.6) is 0 Å². The summed E-state index contributed by atoms with van der Waals surface area (Å²) in [6, 6.07) is 0. The highest BCUT2D eigenvalue weighted by Crippen LogP contribution is 2.37. The Labute approximate surface area is 106 Å². The molecule has 0 radical (unpaired) electrons. The second kappa shape index (κ2) is 5.02. The third kappa shape index (κ3) is 2.67. The van der Waals surface area contributed by atoms with Crippen molar-refractivity contribution in [1.29, 1.82) is 0 Å². The van der Waals surface area contributed by atoms with Crippen LogP contribution in [0.2, 0.25) is 0 Å². The van der Waals surface area contributed by atoms with Crippen molar-refractivity contribution in [3.63, 3.8) is 0 Å². The molecule has 1 atom stereocenters. The molecule has 5 heteroatoms. The molecule has 18 heavy (non-hydrogen) atoms. The number of carbonyl (C=O) groups is 1. The lowest BCUT2D eigenvalue weighted by molar-refractivity contribution is -0.120. The maximum Gasteiger partial charge on any atom is 0.228 e. The van der Waals surface area contributed by atoms with Crippen LogP contribution in [-0.4, -0.2) is 29.0 Å². The summed E-state index contributed by atoms with van der Waals surface area (Å²) >= 11 is 0. The van der Waals surface area contributed by atoms with Gasteiger partial charge in [0, 0.05) is 12.5 Å². The van der Waals surface area contributed by atoms with Gasteiger partial charge in [-0.15, -0.1) is 0 Å². The van der Waals surface area contributed by atoms with Gasteiger partial charge in [0.25, 0.3) is 0 Å². The van der Waals surface area contributed by atoms with Gasteiger partial charge in [-0.05, 0) is 32.2 Å². The topological polar surface area (TPSA) is 66.9 Å². The van der Waals surface area contributed by atoms with E-state index in [1.54, 1.807) is 12.4 Å². The van der Waals surface area contributed by atoms with Gasteiger partial charge < -0.3 is 10.6 Å². The van der Waals surface area contributed by atoms with Crippen LogP contribution in [0.25, 0.3) is 0 Å². The van der Waals surface area contributed by atoms with Crippen molar-refractivity contribution in [2.45, 2.75) is 31.6 Å². The minimum atomic E-state index is 0.0712. The van der Waals surface area contributed by atoms with Gasteiger partial charge in [0.15, 0.2) is 0 Å². The van der Waals surface area contributed by atoms with Crippen molar-refractivity contribution in [3.8, 4) is 0 Å². The van der Waals surface area contributed by atoms with E-state index in [1.807, 2.05) is 0 Å². The molecule has 1 aliphatic heterocycles. The predicted molar refractivity (Wildman–Crippen MR) is 68.2 cm³/mol. The maximum atomic E-state index is 12.0. The Balaban J connectivity index is 1.59. The van der Waals surface area contributed by atoms with Crippen LogP contribution < -0.4 is 10.6 Å². The average Bonchev–Trinajstić information content (AvgIpc) is 3.25. The first-order valence-corrected chi connectivity index (χ1v) is 6.66. The van der Waals surface area contributed by atoms with Crippen LogP contribution in [0.4, 0.5) is 5.69 Å². The summed E-state index contributed by atoms with van der Waals surface area (Å²) in [5.41, 5.74) is 0.704. The Morgan fingerprint density at radius 2 is 2.06 bits per heavy atom. The molecule has 1 aliphatic carbocycles. The summed E-state index contributed by atoms with van der Waals surface area (Å²) in [7, 11) is 0. The van der Waals surface area contributed by atoms with Gasteiger partial charge in [-0.1, -0.05) is 0 Å². The quantitative estimate of drug-likeness (QED) is 0.843. The van der Waals surface area contributed by atoms with Crippen molar-refractivity contribution in [2.75, 3.05) is 18.4 Å². The molecule has 1 saturated heterocycles. The Morgan fingerprint density at radius 1 is 1.28 bits per heavy atom. The van der Waals surface area contributed by atoms with Crippen molar-refractivity contribution in [3.05, 3.63) is 18.2 Å². The lowest BCUT2D eigenvalue weighted by atomic mass is 9.99. The molecule has 5 nitrogen and oxygen atoms in total. The van der Waals surface area contributed by atoms with Gasteiger partial charge in [0.2, 0.25) is 5.91 Å². The second-order valence-corrected chi connectivity index (χ2v) is 5.14. The smallest absolute Gasteiger partial charge is 0.228 e. The average molecular weight is 246 g/mol. The van der Waals surface area contributed by atoms with Gasteiger partial charge >= 0.3 is 0 Å². The number of nitrogens with one attached hydrogen (secondary N) is 2. The Hall–Kier alpha value is -1.49. The molecule has 2 N–H and O–H groups in total. The van der Waals surface area contributed by atoms with Crippen LogP contribution in [-0.2, 0) is 4.79 Å². The summed E-state index contributed by atoms with van der Waals surface area (Å²) < 4.78 is 0. The molecule has 3 rings (SSSR count). The van der Waals surface area contributed by atoms with Crippen molar-refractivity contribution in [1.82, 2.24) is 15.3 Å². The molecule has 0 aromatic carbocycles. The van der Waals surface area contributed by atoms with Gasteiger partial charge in [-0.3, -0.25) is 4.79 Å². The van der Waals surface area contributed by atoms with E-state index in [0.717, 1.165) is 31.8 Å². The van der Waals surface area contributed by atoms with Crippen molar-refractivity contribution >= 4 is 11.6 Å². The van der Waals surface area contributed by atoms with Crippen molar-refractivity contribution in [2.24, 2.45) is 5.92 Å². The maximum absolute atomic E-state index is 12.0. The lowest BCUT2D eigenvalue weighted by Gasteiger charge is -2.21. The highest BCUT2D eigenvalue weighted by atomic mass is 16.1. The second-order valence-electron chi connectivity index (χ2n) is 5.14. The van der Waals surface area contributed by atoms with Gasteiger partial charge in [-0.25, -0.2) is 9.97 Å². The first kappa shape index (κ1) is 11.6. The van der Waals surface area contributed by atoms with Gasteiger partial charge in [-0.2, -0.15) is 0 Å². The number of hydrogen-bond donors (Lipinski definition) is 2. The monoisotopic (exact) mass is 246 g/mol. The van der Waals surface area contributed by atoms with E-state index in [2.05, 4.69) is 20.6 Å². The van der Waals surface area contributed by atoms with Crippen molar-refractivity contribution < 1.29 is 4.79 Å². The highest BCUT2D eigenvalue weighted by molar-refractivity contribution is 5.92. The van der Waals surface area contributed by atoms with E-state index in [0.29, 0.717) is 11.6 Å². The van der Waals surface area contributed by atoms with Crippen LogP contribution >= 0.6 is 0 Å². The normalized spacial score (nSPS) is 23.7. The number of anilines is 1. The van der Waals surface area contributed by atoms with Crippen LogP contribution in [0.3, 0.4) is 0 Å². The number of rotatable bonds is 3. The molecular weight excluding hydrogens is 228 g/mol. The number of nitrogens with zero attached hydrogens (tertiary/aromatic N) is 2. The van der Waals surface area contributed by atoms with Gasteiger partial charge in [0.05, 0.1) is 24.0 Å². The number of aromatic nitrogens is 2. The van der Waals surface area contributed by atoms with Crippen LogP contribution in [0.1, 0.15) is 37.4 Å². The minimum Gasteiger partial charge on any atom is -0.323 e. The summed E-state index contributed by atoms with van der Waals surface area (Å²) in [5, 5.41) is 6.14. The van der Waals surface area contributed by atoms with E-state index >= 15 is 0 Å².